The number of nitrogens with one attached hydrogen (secondary N) is 1. The summed E-state index contributed by atoms with van der Waals surface area (Å²) in [5, 5.41) is 2.88. The third kappa shape index (κ3) is 3.31. The third-order valence-corrected chi connectivity index (χ3v) is 5.61. The van der Waals surface area contributed by atoms with E-state index in [9.17, 15) is 13.2 Å². The molecule has 2 heterocycles. The Morgan fingerprint density at radius 1 is 1.38 bits per heavy atom. The van der Waals surface area contributed by atoms with Crippen molar-refractivity contribution in [3.05, 3.63) is 18.0 Å². The molecule has 1 saturated heterocycles. The average Bonchev–Trinajstić information content (AvgIpc) is 3.19. The van der Waals surface area contributed by atoms with Gasteiger partial charge < -0.3 is 10.2 Å². The van der Waals surface area contributed by atoms with Gasteiger partial charge in [-0.15, -0.1) is 0 Å². The highest BCUT2D eigenvalue weighted by Gasteiger charge is 2.32. The van der Waals surface area contributed by atoms with E-state index in [1.165, 1.54) is 6.20 Å². The van der Waals surface area contributed by atoms with Gasteiger partial charge in [-0.1, -0.05) is 0 Å². The molecule has 1 saturated carbocycles. The Balaban J connectivity index is 1.74. The van der Waals surface area contributed by atoms with Crippen LogP contribution in [0, 0.1) is 0 Å². The molecule has 1 atom stereocenters. The summed E-state index contributed by atoms with van der Waals surface area (Å²) >= 11 is 0. The molecule has 1 aromatic rings. The minimum Gasteiger partial charge on any atom is -0.348 e. The van der Waals surface area contributed by atoms with Crippen molar-refractivity contribution < 1.29 is 13.2 Å². The van der Waals surface area contributed by atoms with Crippen LogP contribution >= 0.6 is 0 Å². The zero-order valence-electron chi connectivity index (χ0n) is 11.8. The predicted octanol–water partition coefficient (Wildman–Crippen LogP) is -0.00790. The second-order valence-electron chi connectivity index (χ2n) is 5.66. The molecule has 1 unspecified atom stereocenters. The highest BCUT2D eigenvalue weighted by atomic mass is 32.2. The lowest BCUT2D eigenvalue weighted by molar-refractivity contribution is 0.0946. The van der Waals surface area contributed by atoms with Gasteiger partial charge in [0.2, 0.25) is 5.95 Å². The van der Waals surface area contributed by atoms with Crippen molar-refractivity contribution in [1.29, 1.82) is 0 Å². The molecule has 1 amide bonds. The maximum Gasteiger partial charge on any atom is 0.270 e. The first-order valence-electron chi connectivity index (χ1n) is 7.02. The van der Waals surface area contributed by atoms with Gasteiger partial charge in [-0.25, -0.2) is 18.4 Å². The lowest BCUT2D eigenvalue weighted by atomic mass is 10.2. The Morgan fingerprint density at radius 3 is 2.76 bits per heavy atom. The lowest BCUT2D eigenvalue weighted by Gasteiger charge is -2.23. The summed E-state index contributed by atoms with van der Waals surface area (Å²) in [7, 11) is -1.19. The van der Waals surface area contributed by atoms with Gasteiger partial charge in [0.1, 0.15) is 5.69 Å². The average molecular weight is 310 g/mol. The van der Waals surface area contributed by atoms with Gasteiger partial charge in [-0.05, 0) is 25.3 Å². The zero-order valence-corrected chi connectivity index (χ0v) is 12.6. The Bertz CT molecular complexity index is 657. The van der Waals surface area contributed by atoms with E-state index in [4.69, 9.17) is 0 Å². The van der Waals surface area contributed by atoms with Crippen molar-refractivity contribution in [2.45, 2.75) is 31.3 Å². The molecule has 0 radical (unpaired) electrons. The second kappa shape index (κ2) is 5.25. The summed E-state index contributed by atoms with van der Waals surface area (Å²) < 4.78 is 23.1. The van der Waals surface area contributed by atoms with Gasteiger partial charge in [0.25, 0.3) is 5.91 Å². The van der Waals surface area contributed by atoms with Gasteiger partial charge >= 0.3 is 0 Å². The molecule has 1 N–H and O–H groups in total. The van der Waals surface area contributed by atoms with Crippen LogP contribution < -0.4 is 10.2 Å². The van der Waals surface area contributed by atoms with Crippen LogP contribution in [0.3, 0.4) is 0 Å². The highest BCUT2D eigenvalue weighted by molar-refractivity contribution is 7.91. The van der Waals surface area contributed by atoms with Gasteiger partial charge in [-0.2, -0.15) is 0 Å². The van der Waals surface area contributed by atoms with Crippen molar-refractivity contribution in [3.8, 4) is 0 Å². The van der Waals surface area contributed by atoms with Crippen molar-refractivity contribution >= 4 is 21.7 Å². The number of amides is 1. The fourth-order valence-corrected chi connectivity index (χ4v) is 4.15. The van der Waals surface area contributed by atoms with Crippen LogP contribution in [-0.2, 0) is 9.84 Å². The Morgan fingerprint density at radius 2 is 2.14 bits per heavy atom. The van der Waals surface area contributed by atoms with E-state index < -0.39 is 9.84 Å². The van der Waals surface area contributed by atoms with Crippen molar-refractivity contribution in [1.82, 2.24) is 15.3 Å². The molecule has 7 nitrogen and oxygen atoms in total. The fourth-order valence-electron chi connectivity index (χ4n) is 2.38. The molecule has 1 aliphatic heterocycles. The number of sulfone groups is 1. The zero-order chi connectivity index (χ0) is 15.0. The van der Waals surface area contributed by atoms with Crippen LogP contribution in [0.15, 0.2) is 12.3 Å². The second-order valence-corrected chi connectivity index (χ2v) is 7.89. The van der Waals surface area contributed by atoms with Gasteiger partial charge in [-0.3, -0.25) is 4.79 Å². The van der Waals surface area contributed by atoms with Gasteiger partial charge in [0.15, 0.2) is 9.84 Å². The molecule has 0 bridgehead atoms. The SMILES string of the molecule is CN(c1nccc(C(=O)NC2CC2)n1)C1CCS(=O)(=O)C1. The van der Waals surface area contributed by atoms with E-state index in [0.29, 0.717) is 18.1 Å². The number of carbonyl (C=O) groups excluding carboxylic acids is 1. The third-order valence-electron chi connectivity index (χ3n) is 3.86. The van der Waals surface area contributed by atoms with E-state index in [2.05, 4.69) is 15.3 Å². The van der Waals surface area contributed by atoms with E-state index in [1.807, 2.05) is 0 Å². The predicted molar refractivity (Wildman–Crippen MR) is 78.0 cm³/mol. The molecule has 1 aromatic heterocycles. The van der Waals surface area contributed by atoms with Crippen molar-refractivity contribution in [2.24, 2.45) is 0 Å². The Hall–Kier alpha value is -1.70. The van der Waals surface area contributed by atoms with E-state index >= 15 is 0 Å². The molecule has 0 spiro atoms. The molecule has 8 heteroatoms. The topological polar surface area (TPSA) is 92.3 Å². The number of hydrogen-bond acceptors (Lipinski definition) is 6. The Kier molecular flexibility index (Phi) is 3.56. The fraction of sp³-hybridized carbons (Fsp3) is 0.615. The van der Waals surface area contributed by atoms with Crippen molar-refractivity contribution in [2.75, 3.05) is 23.5 Å². The minimum atomic E-state index is -2.96. The summed E-state index contributed by atoms with van der Waals surface area (Å²) in [6.45, 7) is 0. The number of anilines is 1. The maximum absolute atomic E-state index is 12.0. The molecule has 114 valence electrons. The van der Waals surface area contributed by atoms with Crippen LogP contribution in [-0.4, -0.2) is 54.9 Å². The molecule has 2 fully saturated rings. The quantitative estimate of drug-likeness (QED) is 0.841. The van der Waals surface area contributed by atoms with Gasteiger partial charge in [0, 0.05) is 25.3 Å². The monoisotopic (exact) mass is 310 g/mol. The highest BCUT2D eigenvalue weighted by Crippen LogP contribution is 2.21. The first-order chi connectivity index (χ1) is 9.94. The molecule has 3 rings (SSSR count). The molecular formula is C13H18N4O3S. The van der Waals surface area contributed by atoms with Crippen LogP contribution in [0.1, 0.15) is 29.8 Å². The molecule has 1 aliphatic carbocycles. The van der Waals surface area contributed by atoms with Gasteiger partial charge in [0.05, 0.1) is 11.5 Å². The number of nitrogens with zero attached hydrogens (tertiary/aromatic N) is 3. The number of hydrogen-bond donors (Lipinski definition) is 1. The van der Waals surface area contributed by atoms with E-state index in [0.717, 1.165) is 12.8 Å². The summed E-state index contributed by atoms with van der Waals surface area (Å²) in [5.41, 5.74) is 0.319. The standard InChI is InChI=1S/C13H18N4O3S/c1-17(10-5-7-21(19,20)8-10)13-14-6-4-11(16-13)12(18)15-9-2-3-9/h4,6,9-10H,2-3,5,7-8H2,1H3,(H,15,18). The first kappa shape index (κ1) is 14.2. The summed E-state index contributed by atoms with van der Waals surface area (Å²) in [6.07, 6.45) is 4.14. The summed E-state index contributed by atoms with van der Waals surface area (Å²) in [6, 6.07) is 1.71. The number of rotatable bonds is 4. The minimum absolute atomic E-state index is 0.116. The largest absolute Gasteiger partial charge is 0.348 e. The van der Waals surface area contributed by atoms with E-state index in [1.54, 1.807) is 18.0 Å². The van der Waals surface area contributed by atoms with Crippen LogP contribution in [0.25, 0.3) is 0 Å². The summed E-state index contributed by atoms with van der Waals surface area (Å²) in [4.78, 5) is 22.1. The molecule has 2 aliphatic rings. The van der Waals surface area contributed by atoms with E-state index in [-0.39, 0.29) is 29.5 Å². The maximum atomic E-state index is 12.0. The number of carbonyl (C=O) groups is 1. The van der Waals surface area contributed by atoms with Crippen LogP contribution in [0.5, 0.6) is 0 Å². The lowest BCUT2D eigenvalue weighted by Crippen LogP contribution is -2.34. The smallest absolute Gasteiger partial charge is 0.270 e. The number of aromatic nitrogens is 2. The molecule has 21 heavy (non-hydrogen) atoms. The van der Waals surface area contributed by atoms with Crippen LogP contribution in [0.4, 0.5) is 5.95 Å². The normalized spacial score (nSPS) is 23.8. The summed E-state index contributed by atoms with van der Waals surface area (Å²) in [5.74, 6) is 0.504. The van der Waals surface area contributed by atoms with Crippen molar-refractivity contribution in [3.63, 3.8) is 0 Å². The molecule has 0 aromatic carbocycles. The Labute approximate surface area is 123 Å². The molecular weight excluding hydrogens is 292 g/mol. The first-order valence-corrected chi connectivity index (χ1v) is 8.84. The van der Waals surface area contributed by atoms with Crippen LogP contribution in [0.2, 0.25) is 0 Å².